The molecule has 1 aliphatic rings. The molecular weight excluding hydrogens is 236 g/mol. The Balaban J connectivity index is 1.62. The first kappa shape index (κ1) is 14.4. The molecule has 0 radical (unpaired) electrons. The van der Waals surface area contributed by atoms with Gasteiger partial charge in [0.25, 0.3) is 0 Å². The van der Waals surface area contributed by atoms with Crippen molar-refractivity contribution in [2.75, 3.05) is 32.8 Å². The van der Waals surface area contributed by atoms with Gasteiger partial charge in [0.15, 0.2) is 0 Å². The first-order valence-electron chi connectivity index (χ1n) is 7.39. The molecule has 1 fully saturated rings. The zero-order valence-electron chi connectivity index (χ0n) is 12.2. The minimum Gasteiger partial charge on any atom is -0.494 e. The number of hydrogen-bond donors (Lipinski definition) is 1. The van der Waals surface area contributed by atoms with Crippen molar-refractivity contribution in [2.24, 2.45) is 0 Å². The number of rotatable bonds is 5. The quantitative estimate of drug-likeness (QED) is 0.825. The zero-order chi connectivity index (χ0) is 13.5. The third-order valence-corrected chi connectivity index (χ3v) is 3.71. The van der Waals surface area contributed by atoms with Gasteiger partial charge in [0.05, 0.1) is 6.61 Å². The van der Waals surface area contributed by atoms with Crippen LogP contribution < -0.4 is 10.1 Å². The van der Waals surface area contributed by atoms with E-state index in [9.17, 15) is 0 Å². The van der Waals surface area contributed by atoms with E-state index >= 15 is 0 Å². The Hall–Kier alpha value is -1.06. The monoisotopic (exact) mass is 262 g/mol. The van der Waals surface area contributed by atoms with E-state index in [1.165, 1.54) is 18.5 Å². The fourth-order valence-electron chi connectivity index (χ4n) is 2.40. The molecule has 1 aliphatic heterocycles. The van der Waals surface area contributed by atoms with Crippen LogP contribution in [-0.2, 0) is 0 Å². The lowest BCUT2D eigenvalue weighted by atomic mass is 10.2. The molecule has 0 aliphatic carbocycles. The van der Waals surface area contributed by atoms with E-state index in [4.69, 9.17) is 4.74 Å². The van der Waals surface area contributed by atoms with E-state index in [1.807, 2.05) is 12.1 Å². The van der Waals surface area contributed by atoms with Crippen molar-refractivity contribution in [1.29, 1.82) is 0 Å². The Morgan fingerprint density at radius 3 is 2.84 bits per heavy atom. The van der Waals surface area contributed by atoms with Gasteiger partial charge in [-0.3, -0.25) is 0 Å². The Kier molecular flexibility index (Phi) is 5.67. The molecule has 0 amide bonds. The van der Waals surface area contributed by atoms with E-state index in [-0.39, 0.29) is 0 Å². The standard InChI is InChI=1S/C16H26N2O/c1-14-4-6-16(7-5-14)19-13-3-10-18-11-8-15(2)17-9-12-18/h4-7,15,17H,3,8-13H2,1-2H3. The van der Waals surface area contributed by atoms with Crippen LogP contribution in [0.5, 0.6) is 5.75 Å². The van der Waals surface area contributed by atoms with Crippen LogP contribution in [-0.4, -0.2) is 43.7 Å². The highest BCUT2D eigenvalue weighted by Gasteiger charge is 2.12. The molecule has 1 saturated heterocycles. The topological polar surface area (TPSA) is 24.5 Å². The zero-order valence-corrected chi connectivity index (χ0v) is 12.2. The van der Waals surface area contributed by atoms with Crippen LogP contribution in [0.25, 0.3) is 0 Å². The molecule has 2 rings (SSSR count). The van der Waals surface area contributed by atoms with E-state index in [0.717, 1.165) is 38.4 Å². The predicted octanol–water partition coefficient (Wildman–Crippen LogP) is 2.45. The SMILES string of the molecule is Cc1ccc(OCCCN2CCNC(C)CC2)cc1. The lowest BCUT2D eigenvalue weighted by molar-refractivity contribution is 0.243. The molecule has 1 aromatic carbocycles. The molecule has 1 heterocycles. The Labute approximate surface area is 116 Å². The summed E-state index contributed by atoms with van der Waals surface area (Å²) in [7, 11) is 0. The molecule has 0 bridgehead atoms. The average Bonchev–Trinajstić information content (AvgIpc) is 2.62. The third-order valence-electron chi connectivity index (χ3n) is 3.71. The van der Waals surface area contributed by atoms with E-state index in [0.29, 0.717) is 6.04 Å². The number of nitrogens with one attached hydrogen (secondary N) is 1. The summed E-state index contributed by atoms with van der Waals surface area (Å²) in [5.74, 6) is 0.983. The van der Waals surface area contributed by atoms with Crippen molar-refractivity contribution in [3.63, 3.8) is 0 Å². The van der Waals surface area contributed by atoms with Crippen molar-refractivity contribution >= 4 is 0 Å². The predicted molar refractivity (Wildman–Crippen MR) is 79.8 cm³/mol. The minimum absolute atomic E-state index is 0.661. The summed E-state index contributed by atoms with van der Waals surface area (Å²) >= 11 is 0. The van der Waals surface area contributed by atoms with E-state index in [2.05, 4.69) is 36.2 Å². The first-order valence-corrected chi connectivity index (χ1v) is 7.39. The molecule has 1 N–H and O–H groups in total. The van der Waals surface area contributed by atoms with Crippen LogP contribution in [0.15, 0.2) is 24.3 Å². The second-order valence-electron chi connectivity index (χ2n) is 5.50. The minimum atomic E-state index is 0.661. The van der Waals surface area contributed by atoms with Gasteiger partial charge in [-0.25, -0.2) is 0 Å². The van der Waals surface area contributed by atoms with Gasteiger partial charge in [0.1, 0.15) is 5.75 Å². The highest BCUT2D eigenvalue weighted by Crippen LogP contribution is 2.11. The fourth-order valence-corrected chi connectivity index (χ4v) is 2.40. The number of hydrogen-bond acceptors (Lipinski definition) is 3. The van der Waals surface area contributed by atoms with Gasteiger partial charge in [-0.15, -0.1) is 0 Å². The molecule has 0 saturated carbocycles. The summed E-state index contributed by atoms with van der Waals surface area (Å²) in [6.45, 7) is 9.79. The highest BCUT2D eigenvalue weighted by molar-refractivity contribution is 5.26. The van der Waals surface area contributed by atoms with Crippen LogP contribution in [0.1, 0.15) is 25.3 Å². The number of benzene rings is 1. The van der Waals surface area contributed by atoms with Crippen molar-refractivity contribution in [1.82, 2.24) is 10.2 Å². The van der Waals surface area contributed by atoms with Gasteiger partial charge in [-0.05, 0) is 45.4 Å². The Morgan fingerprint density at radius 2 is 2.05 bits per heavy atom. The smallest absolute Gasteiger partial charge is 0.119 e. The first-order chi connectivity index (χ1) is 9.24. The Bertz CT molecular complexity index is 364. The van der Waals surface area contributed by atoms with Gasteiger partial charge >= 0.3 is 0 Å². The molecule has 1 aromatic rings. The second kappa shape index (κ2) is 7.51. The van der Waals surface area contributed by atoms with Gasteiger partial charge in [0.2, 0.25) is 0 Å². The van der Waals surface area contributed by atoms with Crippen LogP contribution >= 0.6 is 0 Å². The maximum Gasteiger partial charge on any atom is 0.119 e. The third kappa shape index (κ3) is 5.21. The van der Waals surface area contributed by atoms with Crippen LogP contribution in [0.4, 0.5) is 0 Å². The van der Waals surface area contributed by atoms with Crippen LogP contribution in [0.3, 0.4) is 0 Å². The molecule has 1 unspecified atom stereocenters. The summed E-state index contributed by atoms with van der Waals surface area (Å²) < 4.78 is 5.76. The maximum atomic E-state index is 5.76. The van der Waals surface area contributed by atoms with Crippen LogP contribution in [0, 0.1) is 6.92 Å². The fraction of sp³-hybridized carbons (Fsp3) is 0.625. The number of nitrogens with zero attached hydrogens (tertiary/aromatic N) is 1. The summed E-state index contributed by atoms with van der Waals surface area (Å²) in [5.41, 5.74) is 1.28. The Morgan fingerprint density at radius 1 is 1.26 bits per heavy atom. The van der Waals surface area contributed by atoms with Crippen molar-refractivity contribution in [3.05, 3.63) is 29.8 Å². The lowest BCUT2D eigenvalue weighted by Crippen LogP contribution is -2.30. The number of aryl methyl sites for hydroxylation is 1. The molecule has 3 heteroatoms. The summed E-state index contributed by atoms with van der Waals surface area (Å²) in [6.07, 6.45) is 2.35. The normalized spacial score (nSPS) is 21.1. The van der Waals surface area contributed by atoms with Gasteiger partial charge < -0.3 is 15.0 Å². The highest BCUT2D eigenvalue weighted by atomic mass is 16.5. The average molecular weight is 262 g/mol. The second-order valence-corrected chi connectivity index (χ2v) is 5.50. The molecule has 19 heavy (non-hydrogen) atoms. The molecule has 1 atom stereocenters. The van der Waals surface area contributed by atoms with Gasteiger partial charge in [-0.2, -0.15) is 0 Å². The molecule has 0 aromatic heterocycles. The maximum absolute atomic E-state index is 5.76. The molecule has 3 nitrogen and oxygen atoms in total. The lowest BCUT2D eigenvalue weighted by Gasteiger charge is -2.19. The molecular formula is C16H26N2O. The van der Waals surface area contributed by atoms with Gasteiger partial charge in [-0.1, -0.05) is 17.7 Å². The van der Waals surface area contributed by atoms with Crippen LogP contribution in [0.2, 0.25) is 0 Å². The summed E-state index contributed by atoms with van der Waals surface area (Å²) in [4.78, 5) is 2.54. The van der Waals surface area contributed by atoms with E-state index in [1.54, 1.807) is 0 Å². The molecule has 0 spiro atoms. The number of ether oxygens (including phenoxy) is 1. The van der Waals surface area contributed by atoms with Crippen molar-refractivity contribution in [3.8, 4) is 5.75 Å². The van der Waals surface area contributed by atoms with Gasteiger partial charge in [0, 0.05) is 25.7 Å². The summed E-state index contributed by atoms with van der Waals surface area (Å²) in [6, 6.07) is 8.95. The summed E-state index contributed by atoms with van der Waals surface area (Å²) in [5, 5.41) is 3.52. The molecule has 106 valence electrons. The van der Waals surface area contributed by atoms with Crippen molar-refractivity contribution in [2.45, 2.75) is 32.7 Å². The van der Waals surface area contributed by atoms with E-state index < -0.39 is 0 Å². The van der Waals surface area contributed by atoms with Crippen molar-refractivity contribution < 1.29 is 4.74 Å². The largest absolute Gasteiger partial charge is 0.494 e.